The molecule has 0 saturated heterocycles. The molecule has 0 aromatic rings. The molecule has 0 radical (unpaired) electrons. The number of aliphatic hydroxyl groups is 1. The molecule has 1 aliphatic rings. The Kier molecular flexibility index (Phi) is 6.40. The van der Waals surface area contributed by atoms with Crippen LogP contribution >= 0.6 is 0 Å². The van der Waals surface area contributed by atoms with Crippen molar-refractivity contribution in [2.75, 3.05) is 0 Å². The van der Waals surface area contributed by atoms with Gasteiger partial charge in [-0.15, -0.1) is 6.58 Å². The minimum atomic E-state index is -1.79. The lowest BCUT2D eigenvalue weighted by Crippen LogP contribution is -2.51. The van der Waals surface area contributed by atoms with Crippen molar-refractivity contribution in [2.24, 2.45) is 11.3 Å². The van der Waals surface area contributed by atoms with E-state index < -0.39 is 13.9 Å². The quantitative estimate of drug-likeness (QED) is 0.463. The molecule has 0 spiro atoms. The predicted octanol–water partition coefficient (Wildman–Crippen LogP) is 6.09. The Bertz CT molecular complexity index is 469. The molecule has 3 atom stereocenters. The first-order chi connectivity index (χ1) is 10.6. The van der Waals surface area contributed by atoms with Crippen LogP contribution in [0.25, 0.3) is 0 Å². The van der Waals surface area contributed by atoms with Crippen LogP contribution in [-0.2, 0) is 4.43 Å². The summed E-state index contributed by atoms with van der Waals surface area (Å²) in [5.41, 5.74) is 0.557. The molecule has 1 N–H and O–H groups in total. The van der Waals surface area contributed by atoms with Gasteiger partial charge in [-0.05, 0) is 62.1 Å². The maximum Gasteiger partial charge on any atom is 0.192 e. The van der Waals surface area contributed by atoms with Crippen molar-refractivity contribution in [3.05, 3.63) is 24.8 Å². The summed E-state index contributed by atoms with van der Waals surface area (Å²) in [7, 11) is -1.79. The Morgan fingerprint density at radius 1 is 1.29 bits per heavy atom. The second kappa shape index (κ2) is 7.09. The molecule has 1 rings (SSSR count). The molecular weight excluding hydrogens is 312 g/mol. The molecule has 0 amide bonds. The van der Waals surface area contributed by atoms with Gasteiger partial charge in [-0.3, -0.25) is 0 Å². The van der Waals surface area contributed by atoms with E-state index in [1.807, 2.05) is 6.92 Å². The van der Waals surface area contributed by atoms with Crippen LogP contribution < -0.4 is 0 Å². The molecule has 0 aromatic heterocycles. The highest BCUT2D eigenvalue weighted by molar-refractivity contribution is 6.74. The molecule has 3 heteroatoms. The van der Waals surface area contributed by atoms with Crippen LogP contribution in [0.4, 0.5) is 0 Å². The van der Waals surface area contributed by atoms with E-state index in [1.54, 1.807) is 6.08 Å². The average molecular weight is 353 g/mol. The first-order valence-electron chi connectivity index (χ1n) is 9.35. The van der Waals surface area contributed by atoms with Gasteiger partial charge in [0.15, 0.2) is 8.32 Å². The maximum atomic E-state index is 10.3. The van der Waals surface area contributed by atoms with Crippen LogP contribution in [0.2, 0.25) is 18.1 Å². The van der Waals surface area contributed by atoms with E-state index in [2.05, 4.69) is 60.9 Å². The third kappa shape index (κ3) is 4.83. The Balaban J connectivity index is 2.95. The van der Waals surface area contributed by atoms with Gasteiger partial charge in [-0.1, -0.05) is 52.8 Å². The molecule has 1 fully saturated rings. The van der Waals surface area contributed by atoms with E-state index in [-0.39, 0.29) is 16.6 Å². The summed E-state index contributed by atoms with van der Waals surface area (Å²) in [4.78, 5) is 0. The Hall–Kier alpha value is -0.383. The van der Waals surface area contributed by atoms with Crippen LogP contribution in [0.15, 0.2) is 24.8 Å². The molecule has 0 heterocycles. The van der Waals surface area contributed by atoms with Gasteiger partial charge in [0.05, 0.1) is 11.7 Å². The fourth-order valence-electron chi connectivity index (χ4n) is 3.47. The summed E-state index contributed by atoms with van der Waals surface area (Å²) in [6.45, 7) is 26.1. The molecule has 0 bridgehead atoms. The van der Waals surface area contributed by atoms with Crippen molar-refractivity contribution in [2.45, 2.75) is 97.1 Å². The van der Waals surface area contributed by atoms with Crippen LogP contribution in [0, 0.1) is 11.3 Å². The second-order valence-corrected chi connectivity index (χ2v) is 14.8. The number of rotatable bonds is 6. The largest absolute Gasteiger partial charge is 0.413 e. The molecule has 1 unspecified atom stereocenters. The lowest BCUT2D eigenvalue weighted by molar-refractivity contribution is -0.00774. The van der Waals surface area contributed by atoms with Crippen molar-refractivity contribution < 1.29 is 9.53 Å². The monoisotopic (exact) mass is 352 g/mol. The summed E-state index contributed by atoms with van der Waals surface area (Å²) >= 11 is 0. The van der Waals surface area contributed by atoms with Gasteiger partial charge in [-0.2, -0.15) is 0 Å². The normalized spacial score (nSPS) is 27.6. The van der Waals surface area contributed by atoms with Crippen molar-refractivity contribution in [3.8, 4) is 0 Å². The van der Waals surface area contributed by atoms with E-state index in [9.17, 15) is 5.11 Å². The summed E-state index contributed by atoms with van der Waals surface area (Å²) < 4.78 is 6.81. The Morgan fingerprint density at radius 2 is 1.83 bits per heavy atom. The molecule has 1 aliphatic carbocycles. The van der Waals surface area contributed by atoms with Gasteiger partial charge in [0.1, 0.15) is 0 Å². The molecule has 2 nitrogen and oxygen atoms in total. The van der Waals surface area contributed by atoms with E-state index in [0.717, 1.165) is 25.7 Å². The minimum absolute atomic E-state index is 0.0438. The lowest BCUT2D eigenvalue weighted by Gasteiger charge is -2.51. The third-order valence-corrected chi connectivity index (χ3v) is 11.1. The lowest BCUT2D eigenvalue weighted by atomic mass is 9.63. The molecule has 0 aromatic carbocycles. The number of hydrogen-bond donors (Lipinski definition) is 1. The van der Waals surface area contributed by atoms with Crippen molar-refractivity contribution >= 4 is 8.32 Å². The van der Waals surface area contributed by atoms with Crippen LogP contribution in [0.5, 0.6) is 0 Å². The molecule has 0 aliphatic heterocycles. The van der Waals surface area contributed by atoms with E-state index in [0.29, 0.717) is 5.92 Å². The number of hydrogen-bond acceptors (Lipinski definition) is 2. The fourth-order valence-corrected chi connectivity index (χ4v) is 4.96. The van der Waals surface area contributed by atoms with Crippen molar-refractivity contribution in [1.29, 1.82) is 0 Å². The van der Waals surface area contributed by atoms with Crippen LogP contribution in [0.1, 0.15) is 67.2 Å². The predicted molar refractivity (Wildman–Crippen MR) is 108 cm³/mol. The van der Waals surface area contributed by atoms with E-state index in [1.165, 1.54) is 5.57 Å². The van der Waals surface area contributed by atoms with Gasteiger partial charge in [0, 0.05) is 0 Å². The van der Waals surface area contributed by atoms with Gasteiger partial charge in [-0.25, -0.2) is 0 Å². The highest BCUT2D eigenvalue weighted by Crippen LogP contribution is 2.50. The Labute approximate surface area is 151 Å². The topological polar surface area (TPSA) is 29.5 Å². The van der Waals surface area contributed by atoms with Crippen molar-refractivity contribution in [1.82, 2.24) is 0 Å². The standard InChI is InChI=1S/C21H40O2Si/c1-11-21(8,22)15-14-17-16(2)12-13-18(20(17,6)7)23-24(9,10)19(3,4)5/h11,17-18,22H,1-2,12-15H2,3-10H3/t17-,18+,21?/m1/s1. The molecular formula is C21H40O2Si. The zero-order chi connectivity index (χ0) is 19.0. The van der Waals surface area contributed by atoms with E-state index >= 15 is 0 Å². The Morgan fingerprint density at radius 3 is 2.29 bits per heavy atom. The first-order valence-corrected chi connectivity index (χ1v) is 12.3. The maximum absolute atomic E-state index is 10.3. The van der Waals surface area contributed by atoms with E-state index in [4.69, 9.17) is 4.43 Å². The van der Waals surface area contributed by atoms with Gasteiger partial charge < -0.3 is 9.53 Å². The minimum Gasteiger partial charge on any atom is -0.413 e. The van der Waals surface area contributed by atoms with Crippen LogP contribution in [0.3, 0.4) is 0 Å². The highest BCUT2D eigenvalue weighted by Gasteiger charge is 2.47. The first kappa shape index (κ1) is 21.7. The van der Waals surface area contributed by atoms with Gasteiger partial charge in [0.2, 0.25) is 0 Å². The third-order valence-electron chi connectivity index (χ3n) is 6.57. The molecule has 1 saturated carbocycles. The zero-order valence-electron chi connectivity index (χ0n) is 17.3. The SMILES string of the molecule is C=CC(C)(O)CC[C@@H]1C(=C)CC[C@H](O[Si](C)(C)C(C)(C)C)C1(C)C. The number of allylic oxidation sites excluding steroid dienone is 1. The smallest absolute Gasteiger partial charge is 0.192 e. The van der Waals surface area contributed by atoms with Crippen molar-refractivity contribution in [3.63, 3.8) is 0 Å². The van der Waals surface area contributed by atoms with Gasteiger partial charge in [0.25, 0.3) is 0 Å². The summed E-state index contributed by atoms with van der Waals surface area (Å²) in [6, 6.07) is 0. The second-order valence-electron chi connectivity index (χ2n) is 10.0. The fraction of sp³-hybridized carbons (Fsp3) is 0.810. The molecule has 24 heavy (non-hydrogen) atoms. The molecule has 140 valence electrons. The van der Waals surface area contributed by atoms with Gasteiger partial charge >= 0.3 is 0 Å². The summed E-state index contributed by atoms with van der Waals surface area (Å²) in [5.74, 6) is 0.382. The zero-order valence-corrected chi connectivity index (χ0v) is 18.3. The summed E-state index contributed by atoms with van der Waals surface area (Å²) in [6.07, 6.45) is 5.66. The highest BCUT2D eigenvalue weighted by atomic mass is 28.4. The average Bonchev–Trinajstić information content (AvgIpc) is 2.40. The van der Waals surface area contributed by atoms with Crippen LogP contribution in [-0.4, -0.2) is 25.1 Å². The summed E-state index contributed by atoms with van der Waals surface area (Å²) in [5, 5.41) is 10.5.